The predicted molar refractivity (Wildman–Crippen MR) is 129 cm³/mol. The number of anilines is 4. The van der Waals surface area contributed by atoms with Crippen molar-refractivity contribution < 1.29 is 4.21 Å². The van der Waals surface area contributed by atoms with Crippen LogP contribution in [0.3, 0.4) is 0 Å². The number of pyridine rings is 1. The number of rotatable bonds is 5. The summed E-state index contributed by atoms with van der Waals surface area (Å²) in [6, 6.07) is 11.7. The normalized spacial score (nSPS) is 14.1. The number of nitrogens with one attached hydrogen (secondary N) is 2. The molecule has 0 fully saturated rings. The van der Waals surface area contributed by atoms with E-state index >= 15 is 0 Å². The molecule has 2 aromatic heterocycles. The number of likely N-dealkylation sites (N-methyl/N-ethyl adjacent to an activating group) is 1. The largest absolute Gasteiger partial charge is 0.324 e. The Kier molecular flexibility index (Phi) is 6.22. The van der Waals surface area contributed by atoms with Crippen LogP contribution in [0.5, 0.6) is 0 Å². The number of aromatic nitrogens is 3. The van der Waals surface area contributed by atoms with E-state index in [9.17, 15) is 4.21 Å². The lowest BCUT2D eigenvalue weighted by Gasteiger charge is -2.25. The van der Waals surface area contributed by atoms with Crippen LogP contribution in [0.1, 0.15) is 11.1 Å². The molecule has 31 heavy (non-hydrogen) atoms. The van der Waals surface area contributed by atoms with E-state index in [0.717, 1.165) is 25.2 Å². The summed E-state index contributed by atoms with van der Waals surface area (Å²) >= 11 is 3.48. The van der Waals surface area contributed by atoms with E-state index in [1.54, 1.807) is 36.9 Å². The molecule has 1 aromatic carbocycles. The first-order valence-corrected chi connectivity index (χ1v) is 12.9. The molecule has 0 unspecified atom stereocenters. The van der Waals surface area contributed by atoms with Gasteiger partial charge >= 0.3 is 0 Å². The molecule has 1 aliphatic heterocycles. The summed E-state index contributed by atoms with van der Waals surface area (Å²) in [5.41, 5.74) is 3.66. The van der Waals surface area contributed by atoms with Crippen LogP contribution in [0.25, 0.3) is 0 Å². The lowest BCUT2D eigenvalue weighted by atomic mass is 9.99. The Bertz CT molecular complexity index is 1230. The maximum absolute atomic E-state index is 11.9. The quantitative estimate of drug-likeness (QED) is 0.532. The van der Waals surface area contributed by atoms with E-state index in [1.807, 2.05) is 0 Å². The Balaban J connectivity index is 1.55. The first kappa shape index (κ1) is 21.7. The number of hydrogen-bond donors (Lipinski definition) is 2. The smallest absolute Gasteiger partial charge is 0.229 e. The number of fused-ring (bicyclic) bond motifs is 1. The maximum atomic E-state index is 11.9. The van der Waals surface area contributed by atoms with Gasteiger partial charge in [0.15, 0.2) is 11.6 Å². The van der Waals surface area contributed by atoms with Crippen molar-refractivity contribution in [1.82, 2.24) is 19.9 Å². The van der Waals surface area contributed by atoms with E-state index in [0.29, 0.717) is 27.9 Å². The third-order valence-electron chi connectivity index (χ3n) is 4.70. The van der Waals surface area contributed by atoms with Gasteiger partial charge in [0, 0.05) is 47.2 Å². The van der Waals surface area contributed by atoms with Crippen molar-refractivity contribution in [2.45, 2.75) is 13.0 Å². The monoisotopic (exact) mass is 501 g/mol. The molecular weight excluding hydrogens is 478 g/mol. The van der Waals surface area contributed by atoms with Crippen LogP contribution in [-0.4, -0.2) is 50.2 Å². The molecule has 0 amide bonds. The number of benzene rings is 1. The fourth-order valence-electron chi connectivity index (χ4n) is 3.31. The van der Waals surface area contributed by atoms with E-state index in [4.69, 9.17) is 0 Å². The van der Waals surface area contributed by atoms with Gasteiger partial charge in [0.1, 0.15) is 5.82 Å². The molecule has 8 nitrogen and oxygen atoms in total. The summed E-state index contributed by atoms with van der Waals surface area (Å²) in [5.74, 6) is 1.99. The summed E-state index contributed by atoms with van der Waals surface area (Å²) < 4.78 is 16.8. The van der Waals surface area contributed by atoms with Gasteiger partial charge in [0.25, 0.3) is 0 Å². The van der Waals surface area contributed by atoms with Crippen LogP contribution < -0.4 is 10.6 Å². The Morgan fingerprint density at radius 2 is 1.97 bits per heavy atom. The average molecular weight is 502 g/mol. The standard InChI is InChI=1S/C21H24BrN7OS/c1-29-10-9-14-7-8-16(11-15(14)13-29)24-21-23-12-17(22)20(27-21)26-18-5-4-6-19(25-18)28-31(2,3)30/h4-8,11-12H,9-10,13H2,1-3H3,(H2,23,24,25,26,27). The highest BCUT2D eigenvalue weighted by atomic mass is 79.9. The van der Waals surface area contributed by atoms with Crippen molar-refractivity contribution in [3.8, 4) is 0 Å². The SMILES string of the molecule is CN1CCc2ccc(Nc3ncc(Br)c(Nc4cccc(N=S(C)(C)=O)n4)n3)cc2C1. The van der Waals surface area contributed by atoms with Gasteiger partial charge in [-0.15, -0.1) is 0 Å². The molecule has 0 spiro atoms. The minimum atomic E-state index is -2.29. The third kappa shape index (κ3) is 5.78. The van der Waals surface area contributed by atoms with E-state index in [-0.39, 0.29) is 0 Å². The topological polar surface area (TPSA) is 95.4 Å². The van der Waals surface area contributed by atoms with Gasteiger partial charge in [-0.3, -0.25) is 0 Å². The Labute approximate surface area is 190 Å². The molecule has 10 heteroatoms. The Hall–Kier alpha value is -2.56. The second kappa shape index (κ2) is 8.89. The molecule has 4 rings (SSSR count). The van der Waals surface area contributed by atoms with Crippen molar-refractivity contribution in [3.63, 3.8) is 0 Å². The van der Waals surface area contributed by atoms with E-state index < -0.39 is 9.73 Å². The van der Waals surface area contributed by atoms with Gasteiger partial charge in [-0.05, 0) is 64.8 Å². The zero-order chi connectivity index (χ0) is 22.0. The van der Waals surface area contributed by atoms with E-state index in [2.05, 4.69) is 76.0 Å². The molecule has 3 aromatic rings. The molecule has 2 N–H and O–H groups in total. The lowest BCUT2D eigenvalue weighted by molar-refractivity contribution is 0.313. The van der Waals surface area contributed by atoms with Crippen LogP contribution in [0, 0.1) is 0 Å². The van der Waals surface area contributed by atoms with Crippen molar-refractivity contribution in [2.24, 2.45) is 4.36 Å². The van der Waals surface area contributed by atoms with Crippen molar-refractivity contribution in [3.05, 3.63) is 58.2 Å². The molecular formula is C21H24BrN7OS. The fourth-order valence-corrected chi connectivity index (χ4v) is 4.15. The Morgan fingerprint density at radius 3 is 2.77 bits per heavy atom. The van der Waals surface area contributed by atoms with E-state index in [1.165, 1.54) is 11.1 Å². The summed E-state index contributed by atoms with van der Waals surface area (Å²) in [7, 11) is -0.156. The van der Waals surface area contributed by atoms with Crippen LogP contribution in [0.15, 0.2) is 51.4 Å². The average Bonchev–Trinajstić information content (AvgIpc) is 2.69. The highest BCUT2D eigenvalue weighted by Gasteiger charge is 2.14. The molecule has 0 bridgehead atoms. The van der Waals surface area contributed by atoms with Crippen LogP contribution >= 0.6 is 15.9 Å². The number of nitrogens with zero attached hydrogens (tertiary/aromatic N) is 5. The maximum Gasteiger partial charge on any atom is 0.229 e. The molecule has 0 saturated heterocycles. The second-order valence-electron chi connectivity index (χ2n) is 7.77. The summed E-state index contributed by atoms with van der Waals surface area (Å²) in [6.45, 7) is 2.02. The van der Waals surface area contributed by atoms with Gasteiger partial charge in [-0.25, -0.2) is 14.2 Å². The van der Waals surface area contributed by atoms with Gasteiger partial charge in [-0.1, -0.05) is 12.1 Å². The first-order valence-electron chi connectivity index (χ1n) is 9.76. The highest BCUT2D eigenvalue weighted by molar-refractivity contribution is 9.10. The van der Waals surface area contributed by atoms with Crippen molar-refractivity contribution in [2.75, 3.05) is 36.7 Å². The third-order valence-corrected chi connectivity index (χ3v) is 5.91. The fraction of sp³-hybridized carbons (Fsp3) is 0.286. The highest BCUT2D eigenvalue weighted by Crippen LogP contribution is 2.27. The Morgan fingerprint density at radius 1 is 1.13 bits per heavy atom. The molecule has 0 radical (unpaired) electrons. The zero-order valence-electron chi connectivity index (χ0n) is 17.6. The molecule has 162 valence electrons. The van der Waals surface area contributed by atoms with Crippen molar-refractivity contribution in [1.29, 1.82) is 0 Å². The molecule has 3 heterocycles. The second-order valence-corrected chi connectivity index (χ2v) is 11.2. The summed E-state index contributed by atoms with van der Waals surface area (Å²) in [5, 5.41) is 6.46. The zero-order valence-corrected chi connectivity index (χ0v) is 20.0. The van der Waals surface area contributed by atoms with Crippen molar-refractivity contribution >= 4 is 54.7 Å². The summed E-state index contributed by atoms with van der Waals surface area (Å²) in [6.07, 6.45) is 5.90. The lowest BCUT2D eigenvalue weighted by Crippen LogP contribution is -2.26. The van der Waals surface area contributed by atoms with Gasteiger partial charge in [0.2, 0.25) is 5.95 Å². The van der Waals surface area contributed by atoms with Crippen LogP contribution in [-0.2, 0) is 22.7 Å². The molecule has 0 saturated carbocycles. The summed E-state index contributed by atoms with van der Waals surface area (Å²) in [4.78, 5) is 15.7. The van der Waals surface area contributed by atoms with Gasteiger partial charge in [-0.2, -0.15) is 9.35 Å². The van der Waals surface area contributed by atoms with Gasteiger partial charge < -0.3 is 15.5 Å². The molecule has 0 aliphatic carbocycles. The number of hydrogen-bond acceptors (Lipinski definition) is 8. The van der Waals surface area contributed by atoms with Crippen LogP contribution in [0.2, 0.25) is 0 Å². The number of halogens is 1. The minimum Gasteiger partial charge on any atom is -0.324 e. The predicted octanol–water partition coefficient (Wildman–Crippen LogP) is 4.47. The minimum absolute atomic E-state index is 0.405. The molecule has 1 aliphatic rings. The first-order chi connectivity index (χ1) is 14.7. The van der Waals surface area contributed by atoms with Crippen LogP contribution in [0.4, 0.5) is 29.1 Å². The molecule has 0 atom stereocenters. The van der Waals surface area contributed by atoms with Gasteiger partial charge in [0.05, 0.1) is 4.47 Å².